The maximum atomic E-state index is 9.81. The number of rotatable bonds is 0. The molecule has 0 amide bonds. The molecule has 1 heterocycles. The second kappa shape index (κ2) is 12.8. The molecule has 0 bridgehead atoms. The molecule has 0 saturated heterocycles. The molecule has 1 aromatic heterocycles. The Bertz CT molecular complexity index is 292. The van der Waals surface area contributed by atoms with Crippen molar-refractivity contribution in [2.45, 2.75) is 20.8 Å². The Labute approximate surface area is 94.7 Å². The number of nitrogens with zero attached hydrogens (tertiary/aromatic N) is 2. The van der Waals surface area contributed by atoms with E-state index in [1.165, 1.54) is 20.8 Å². The molecular formula is C11H14N2O3. The van der Waals surface area contributed by atoms with Gasteiger partial charge in [-0.05, 0) is 12.1 Å². The molecule has 5 nitrogen and oxygen atoms in total. The Morgan fingerprint density at radius 3 is 1.56 bits per heavy atom. The van der Waals surface area contributed by atoms with E-state index in [9.17, 15) is 9.59 Å². The number of pyridine rings is 1. The van der Waals surface area contributed by atoms with E-state index >= 15 is 0 Å². The third-order valence-corrected chi connectivity index (χ3v) is 0.854. The van der Waals surface area contributed by atoms with Gasteiger partial charge in [-0.2, -0.15) is 5.26 Å². The van der Waals surface area contributed by atoms with Crippen LogP contribution < -0.4 is 0 Å². The Hall–Kier alpha value is -2.22. The molecule has 5 heteroatoms. The number of carbonyl (C=O) groups excluding carboxylic acids is 2. The molecule has 1 rings (SSSR count). The lowest BCUT2D eigenvalue weighted by molar-refractivity contribution is -0.156. The minimum atomic E-state index is -0.562. The Kier molecular flexibility index (Phi) is 13.0. The highest BCUT2D eigenvalue weighted by Gasteiger charge is 1.93. The second-order valence-electron chi connectivity index (χ2n) is 2.33. The zero-order valence-corrected chi connectivity index (χ0v) is 9.51. The summed E-state index contributed by atoms with van der Waals surface area (Å²) in [7, 11) is 0. The lowest BCUT2D eigenvalue weighted by atomic mass is 10.5. The standard InChI is InChI=1S/C5H5N.C4H6O3.C2H3N/c1-2-4-6-5-3-1;1-3(5)7-4(2)6;1-2-3/h1-5H;1-2H3;1H3. The highest BCUT2D eigenvalue weighted by molar-refractivity contribution is 5.82. The van der Waals surface area contributed by atoms with Crippen molar-refractivity contribution in [3.63, 3.8) is 0 Å². The Balaban J connectivity index is 0. The van der Waals surface area contributed by atoms with Crippen LogP contribution >= 0.6 is 0 Å². The molecule has 0 aliphatic heterocycles. The zero-order valence-electron chi connectivity index (χ0n) is 9.51. The van der Waals surface area contributed by atoms with E-state index in [1.807, 2.05) is 18.2 Å². The summed E-state index contributed by atoms with van der Waals surface area (Å²) in [5.74, 6) is -1.12. The van der Waals surface area contributed by atoms with Crippen LogP contribution in [0.15, 0.2) is 30.6 Å². The van der Waals surface area contributed by atoms with Gasteiger partial charge in [-0.1, -0.05) is 6.07 Å². The van der Waals surface area contributed by atoms with E-state index in [1.54, 1.807) is 18.5 Å². The minimum absolute atomic E-state index is 0.562. The van der Waals surface area contributed by atoms with Crippen molar-refractivity contribution in [1.29, 1.82) is 5.26 Å². The summed E-state index contributed by atoms with van der Waals surface area (Å²) >= 11 is 0. The molecular weight excluding hydrogens is 208 g/mol. The second-order valence-corrected chi connectivity index (χ2v) is 2.33. The summed E-state index contributed by atoms with van der Waals surface area (Å²) in [5, 5.41) is 7.32. The van der Waals surface area contributed by atoms with Crippen molar-refractivity contribution in [3.05, 3.63) is 30.6 Å². The third-order valence-electron chi connectivity index (χ3n) is 0.854. The van der Waals surface area contributed by atoms with Gasteiger partial charge in [-0.15, -0.1) is 0 Å². The number of nitriles is 1. The van der Waals surface area contributed by atoms with Crippen LogP contribution in [0, 0.1) is 11.3 Å². The summed E-state index contributed by atoms with van der Waals surface area (Å²) in [6.07, 6.45) is 3.50. The molecule has 0 N–H and O–H groups in total. The van der Waals surface area contributed by atoms with Gasteiger partial charge in [0.15, 0.2) is 0 Å². The molecule has 0 aliphatic carbocycles. The molecule has 16 heavy (non-hydrogen) atoms. The Morgan fingerprint density at radius 1 is 1.12 bits per heavy atom. The lowest BCUT2D eigenvalue weighted by Gasteiger charge is -1.87. The first-order valence-electron chi connectivity index (χ1n) is 4.39. The average Bonchev–Trinajstić information content (AvgIpc) is 2.20. The Morgan fingerprint density at radius 2 is 1.50 bits per heavy atom. The third kappa shape index (κ3) is 22.6. The summed E-state index contributed by atoms with van der Waals surface area (Å²) in [6, 6.07) is 7.47. The van der Waals surface area contributed by atoms with Gasteiger partial charge in [0.2, 0.25) is 0 Å². The maximum absolute atomic E-state index is 9.81. The van der Waals surface area contributed by atoms with E-state index in [4.69, 9.17) is 5.26 Å². The van der Waals surface area contributed by atoms with Crippen LogP contribution in [-0.4, -0.2) is 16.9 Å². The van der Waals surface area contributed by atoms with Gasteiger partial charge in [0.25, 0.3) is 0 Å². The SMILES string of the molecule is CC#N.CC(=O)OC(C)=O.c1ccncc1. The number of hydrogen-bond donors (Lipinski definition) is 0. The van der Waals surface area contributed by atoms with Crippen LogP contribution in [-0.2, 0) is 14.3 Å². The largest absolute Gasteiger partial charge is 0.394 e. The summed E-state index contributed by atoms with van der Waals surface area (Å²) < 4.78 is 3.97. The fourth-order valence-corrected chi connectivity index (χ4v) is 0.515. The predicted molar refractivity (Wildman–Crippen MR) is 58.0 cm³/mol. The van der Waals surface area contributed by atoms with Crippen LogP contribution in [0.5, 0.6) is 0 Å². The first-order chi connectivity index (χ1) is 7.54. The molecule has 0 spiro atoms. The van der Waals surface area contributed by atoms with E-state index in [0.29, 0.717) is 0 Å². The van der Waals surface area contributed by atoms with E-state index in [0.717, 1.165) is 0 Å². The van der Waals surface area contributed by atoms with Crippen LogP contribution in [0.3, 0.4) is 0 Å². The fraction of sp³-hybridized carbons (Fsp3) is 0.273. The minimum Gasteiger partial charge on any atom is -0.394 e. The molecule has 0 aromatic carbocycles. The topological polar surface area (TPSA) is 80.0 Å². The van der Waals surface area contributed by atoms with Crippen LogP contribution in [0.4, 0.5) is 0 Å². The van der Waals surface area contributed by atoms with Crippen molar-refractivity contribution in [1.82, 2.24) is 4.98 Å². The van der Waals surface area contributed by atoms with E-state index in [-0.39, 0.29) is 0 Å². The van der Waals surface area contributed by atoms with Crippen molar-refractivity contribution >= 4 is 11.9 Å². The fourth-order valence-electron chi connectivity index (χ4n) is 0.515. The molecule has 0 aliphatic rings. The van der Waals surface area contributed by atoms with Gasteiger partial charge < -0.3 is 4.74 Å². The van der Waals surface area contributed by atoms with Crippen molar-refractivity contribution in [2.75, 3.05) is 0 Å². The smallest absolute Gasteiger partial charge is 0.310 e. The van der Waals surface area contributed by atoms with Crippen molar-refractivity contribution < 1.29 is 14.3 Å². The van der Waals surface area contributed by atoms with Crippen molar-refractivity contribution in [3.8, 4) is 6.07 Å². The van der Waals surface area contributed by atoms with E-state index in [2.05, 4.69) is 9.72 Å². The highest BCUT2D eigenvalue weighted by atomic mass is 16.6. The van der Waals surface area contributed by atoms with Crippen LogP contribution in [0.25, 0.3) is 0 Å². The molecule has 1 aromatic rings. The average molecular weight is 222 g/mol. The number of esters is 2. The quantitative estimate of drug-likeness (QED) is 0.493. The predicted octanol–water partition coefficient (Wildman–Crippen LogP) is 1.71. The van der Waals surface area contributed by atoms with E-state index < -0.39 is 11.9 Å². The molecule has 0 unspecified atom stereocenters. The summed E-state index contributed by atoms with van der Waals surface area (Å²) in [4.78, 5) is 23.4. The van der Waals surface area contributed by atoms with Gasteiger partial charge in [0, 0.05) is 33.2 Å². The normalized spacial score (nSPS) is 6.88. The van der Waals surface area contributed by atoms with Gasteiger partial charge >= 0.3 is 11.9 Å². The number of carbonyl (C=O) groups is 2. The summed E-state index contributed by atoms with van der Waals surface area (Å²) in [5.41, 5.74) is 0. The zero-order chi connectivity index (χ0) is 12.8. The van der Waals surface area contributed by atoms with Crippen LogP contribution in [0.1, 0.15) is 20.8 Å². The maximum Gasteiger partial charge on any atom is 0.310 e. The summed E-state index contributed by atoms with van der Waals surface area (Å²) in [6.45, 7) is 3.79. The number of aromatic nitrogens is 1. The monoisotopic (exact) mass is 222 g/mol. The molecule has 0 radical (unpaired) electrons. The number of ether oxygens (including phenoxy) is 1. The first-order valence-corrected chi connectivity index (χ1v) is 4.39. The first kappa shape index (κ1) is 16.2. The molecule has 0 saturated carbocycles. The van der Waals surface area contributed by atoms with Gasteiger partial charge in [0.05, 0.1) is 6.07 Å². The van der Waals surface area contributed by atoms with Gasteiger partial charge in [-0.3, -0.25) is 14.6 Å². The van der Waals surface area contributed by atoms with Crippen molar-refractivity contribution in [2.24, 2.45) is 0 Å². The van der Waals surface area contributed by atoms with Crippen LogP contribution in [0.2, 0.25) is 0 Å². The molecule has 0 fully saturated rings. The molecule has 86 valence electrons. The van der Waals surface area contributed by atoms with Gasteiger partial charge in [-0.25, -0.2) is 0 Å². The highest BCUT2D eigenvalue weighted by Crippen LogP contribution is 1.74. The number of hydrogen-bond acceptors (Lipinski definition) is 5. The molecule has 0 atom stereocenters. The van der Waals surface area contributed by atoms with Gasteiger partial charge in [0.1, 0.15) is 0 Å². The lowest BCUT2D eigenvalue weighted by Crippen LogP contribution is -2.03.